The van der Waals surface area contributed by atoms with Crippen LogP contribution in [0.1, 0.15) is 61.6 Å². The van der Waals surface area contributed by atoms with Crippen LogP contribution in [-0.4, -0.2) is 67.8 Å². The van der Waals surface area contributed by atoms with Gasteiger partial charge < -0.3 is 30.0 Å². The highest BCUT2D eigenvalue weighted by atomic mass is 16.5. The van der Waals surface area contributed by atoms with Crippen LogP contribution in [0.15, 0.2) is 78.9 Å². The normalized spacial score (nSPS) is 16.7. The Morgan fingerprint density at radius 3 is 1.88 bits per heavy atom. The number of hydrogen-bond donors (Lipinski definition) is 2. The van der Waals surface area contributed by atoms with Crippen LogP contribution in [0.25, 0.3) is 0 Å². The number of methoxy groups -OCH3 is 2. The van der Waals surface area contributed by atoms with Crippen LogP contribution in [0, 0.1) is 0 Å². The Hall–Kier alpha value is -3.72. The number of aliphatic hydroxyl groups excluding tert-OH is 1. The second-order valence-corrected chi connectivity index (χ2v) is 11.1. The number of carbonyl (C=O) groups is 2. The van der Waals surface area contributed by atoms with Gasteiger partial charge in [-0.3, -0.25) is 9.59 Å². The SMILES string of the molecule is COc1ccc(C(OC[C@@H]2CC(O)CN2C(=O)CCCCCCC(=O)CN)(c2ccccc2)c2ccc(OC)cc2)cc1. The molecule has 3 N–H and O–H groups in total. The van der Waals surface area contributed by atoms with Gasteiger partial charge in [0.05, 0.1) is 39.5 Å². The number of nitrogens with two attached hydrogens (primary N) is 1. The van der Waals surface area contributed by atoms with Crippen molar-refractivity contribution in [3.63, 3.8) is 0 Å². The topological polar surface area (TPSA) is 111 Å². The number of ether oxygens (including phenoxy) is 3. The fraction of sp³-hybridized carbons (Fsp3) is 0.429. The van der Waals surface area contributed by atoms with Crippen LogP contribution in [0.4, 0.5) is 0 Å². The summed E-state index contributed by atoms with van der Waals surface area (Å²) < 4.78 is 17.9. The van der Waals surface area contributed by atoms with Gasteiger partial charge in [0.2, 0.25) is 5.91 Å². The molecule has 3 aromatic rings. The van der Waals surface area contributed by atoms with Gasteiger partial charge in [0.1, 0.15) is 22.9 Å². The van der Waals surface area contributed by atoms with Gasteiger partial charge >= 0.3 is 0 Å². The number of carbonyl (C=O) groups excluding carboxylic acids is 2. The van der Waals surface area contributed by atoms with Crippen LogP contribution >= 0.6 is 0 Å². The number of unbranched alkanes of at least 4 members (excludes halogenated alkanes) is 3. The van der Waals surface area contributed by atoms with Crippen molar-refractivity contribution in [1.29, 1.82) is 0 Å². The van der Waals surface area contributed by atoms with Crippen LogP contribution in [0.5, 0.6) is 11.5 Å². The van der Waals surface area contributed by atoms with Gasteiger partial charge in [-0.15, -0.1) is 0 Å². The molecule has 1 amide bonds. The first-order valence-electron chi connectivity index (χ1n) is 15.1. The largest absolute Gasteiger partial charge is 0.497 e. The monoisotopic (exact) mass is 588 g/mol. The van der Waals surface area contributed by atoms with Gasteiger partial charge in [-0.25, -0.2) is 0 Å². The predicted molar refractivity (Wildman–Crippen MR) is 166 cm³/mol. The van der Waals surface area contributed by atoms with Crippen LogP contribution in [0.3, 0.4) is 0 Å². The quantitative estimate of drug-likeness (QED) is 0.182. The summed E-state index contributed by atoms with van der Waals surface area (Å²) in [6.45, 7) is 0.611. The van der Waals surface area contributed by atoms with Crippen molar-refractivity contribution in [2.75, 3.05) is 33.9 Å². The van der Waals surface area contributed by atoms with Gasteiger partial charge in [-0.1, -0.05) is 67.4 Å². The van der Waals surface area contributed by atoms with Crippen molar-refractivity contribution < 1.29 is 28.9 Å². The Bertz CT molecular complexity index is 1250. The molecule has 0 saturated carbocycles. The van der Waals surface area contributed by atoms with Gasteiger partial charge in [0.25, 0.3) is 0 Å². The molecule has 0 radical (unpaired) electrons. The maximum atomic E-state index is 13.3. The summed E-state index contributed by atoms with van der Waals surface area (Å²) in [4.78, 5) is 26.5. The number of amides is 1. The van der Waals surface area contributed by atoms with Crippen molar-refractivity contribution in [2.45, 2.75) is 62.7 Å². The number of ketones is 1. The lowest BCUT2D eigenvalue weighted by Crippen LogP contribution is -2.42. The molecule has 0 bridgehead atoms. The molecule has 1 heterocycles. The Balaban J connectivity index is 1.57. The minimum Gasteiger partial charge on any atom is -0.497 e. The molecule has 8 nitrogen and oxygen atoms in total. The molecule has 1 aliphatic rings. The third kappa shape index (κ3) is 8.02. The summed E-state index contributed by atoms with van der Waals surface area (Å²) in [7, 11) is 3.28. The zero-order valence-corrected chi connectivity index (χ0v) is 25.2. The van der Waals surface area contributed by atoms with Crippen molar-refractivity contribution in [3.05, 3.63) is 95.6 Å². The van der Waals surface area contributed by atoms with E-state index in [4.69, 9.17) is 19.9 Å². The van der Waals surface area contributed by atoms with Gasteiger partial charge in [0, 0.05) is 19.4 Å². The van der Waals surface area contributed by atoms with Crippen molar-refractivity contribution in [2.24, 2.45) is 5.73 Å². The summed E-state index contributed by atoms with van der Waals surface area (Å²) in [6, 6.07) is 25.4. The third-order valence-corrected chi connectivity index (χ3v) is 8.20. The minimum absolute atomic E-state index is 0.0161. The first kappa shape index (κ1) is 32.2. The van der Waals surface area contributed by atoms with E-state index in [1.165, 1.54) is 0 Å². The number of β-amino-alcohol motifs (C(OH)–C–C–N with tert-alkyl or cyclic N) is 1. The number of hydrogen-bond acceptors (Lipinski definition) is 7. The first-order chi connectivity index (χ1) is 20.9. The lowest BCUT2D eigenvalue weighted by Gasteiger charge is -2.38. The zero-order chi connectivity index (χ0) is 30.7. The lowest BCUT2D eigenvalue weighted by molar-refractivity contribution is -0.134. The molecule has 1 fully saturated rings. The van der Waals surface area contributed by atoms with E-state index in [2.05, 4.69) is 0 Å². The first-order valence-corrected chi connectivity index (χ1v) is 15.1. The van der Waals surface area contributed by atoms with E-state index in [0.717, 1.165) is 53.9 Å². The second-order valence-electron chi connectivity index (χ2n) is 11.1. The molecule has 0 aliphatic carbocycles. The van der Waals surface area contributed by atoms with E-state index < -0.39 is 11.7 Å². The average molecular weight is 589 g/mol. The Kier molecular flexibility index (Phi) is 11.7. The number of rotatable bonds is 16. The molecule has 43 heavy (non-hydrogen) atoms. The van der Waals surface area contributed by atoms with Gasteiger partial charge in [-0.05, 0) is 60.2 Å². The Morgan fingerprint density at radius 1 is 0.814 bits per heavy atom. The molecule has 0 aromatic heterocycles. The van der Waals surface area contributed by atoms with E-state index in [-0.39, 0.29) is 30.9 Å². The maximum absolute atomic E-state index is 13.3. The maximum Gasteiger partial charge on any atom is 0.222 e. The molecule has 1 unspecified atom stereocenters. The summed E-state index contributed by atoms with van der Waals surface area (Å²) in [5, 5.41) is 10.6. The highest BCUT2D eigenvalue weighted by molar-refractivity contribution is 5.80. The number of nitrogens with zero attached hydrogens (tertiary/aromatic N) is 1. The van der Waals surface area contributed by atoms with Gasteiger partial charge in [-0.2, -0.15) is 0 Å². The van der Waals surface area contributed by atoms with Crippen molar-refractivity contribution >= 4 is 11.7 Å². The summed E-state index contributed by atoms with van der Waals surface area (Å²) in [5.74, 6) is 1.56. The van der Waals surface area contributed by atoms with E-state index in [0.29, 0.717) is 25.8 Å². The van der Waals surface area contributed by atoms with Crippen molar-refractivity contribution in [1.82, 2.24) is 4.90 Å². The second kappa shape index (κ2) is 15.7. The highest BCUT2D eigenvalue weighted by Gasteiger charge is 2.41. The molecule has 8 heteroatoms. The van der Waals surface area contributed by atoms with Crippen LogP contribution in [0.2, 0.25) is 0 Å². The van der Waals surface area contributed by atoms with Crippen LogP contribution in [-0.2, 0) is 19.9 Å². The summed E-state index contributed by atoms with van der Waals surface area (Å²) >= 11 is 0. The zero-order valence-electron chi connectivity index (χ0n) is 25.2. The molecule has 1 saturated heterocycles. The van der Waals surface area contributed by atoms with E-state index >= 15 is 0 Å². The van der Waals surface area contributed by atoms with E-state index in [1.807, 2.05) is 78.9 Å². The summed E-state index contributed by atoms with van der Waals surface area (Å²) in [6.07, 6.45) is 4.02. The fourth-order valence-electron chi connectivity index (χ4n) is 5.85. The predicted octanol–water partition coefficient (Wildman–Crippen LogP) is 4.84. The number of aliphatic hydroxyl groups is 1. The highest BCUT2D eigenvalue weighted by Crippen LogP contribution is 2.42. The van der Waals surface area contributed by atoms with Gasteiger partial charge in [0.15, 0.2) is 0 Å². The Labute approximate surface area is 254 Å². The number of benzene rings is 3. The lowest BCUT2D eigenvalue weighted by atomic mass is 9.80. The smallest absolute Gasteiger partial charge is 0.222 e. The minimum atomic E-state index is -0.997. The molecule has 230 valence electrons. The van der Waals surface area contributed by atoms with Crippen molar-refractivity contribution in [3.8, 4) is 11.5 Å². The third-order valence-electron chi connectivity index (χ3n) is 8.20. The summed E-state index contributed by atoms with van der Waals surface area (Å²) in [5.41, 5.74) is 7.15. The molecule has 3 aromatic carbocycles. The van der Waals surface area contributed by atoms with Crippen LogP contribution < -0.4 is 15.2 Å². The fourth-order valence-corrected chi connectivity index (χ4v) is 5.85. The standard InChI is InChI=1S/C35H44N2O6/c1-41-32-18-14-27(15-19-32)35(26-10-6-5-7-11-26,28-16-20-33(42-2)21-17-28)43-25-29-22-31(39)24-37(29)34(40)13-9-4-3-8-12-30(38)23-36/h5-7,10-11,14-21,29,31,39H,3-4,8-9,12-13,22-25,36H2,1-2H3/t29-,31?/m0/s1. The molecular formula is C35H44N2O6. The number of likely N-dealkylation sites (tertiary alicyclic amines) is 1. The number of Topliss-reactive ketones (excluding diaryl/α,β-unsaturated/α-hetero) is 1. The molecular weight excluding hydrogens is 544 g/mol. The average Bonchev–Trinajstić information content (AvgIpc) is 3.44. The molecule has 0 spiro atoms. The van der Waals surface area contributed by atoms with E-state index in [1.54, 1.807) is 19.1 Å². The Morgan fingerprint density at radius 2 is 1.35 bits per heavy atom. The molecule has 1 aliphatic heterocycles. The van der Waals surface area contributed by atoms with E-state index in [9.17, 15) is 14.7 Å². The molecule has 2 atom stereocenters. The molecule has 4 rings (SSSR count).